The summed E-state index contributed by atoms with van der Waals surface area (Å²) in [6.45, 7) is 0.400. The Balaban J connectivity index is 1.54. The average molecular weight is 433 g/mol. The molecule has 0 aliphatic rings. The Bertz CT molecular complexity index is 1280. The largest absolute Gasteiger partial charge is 0.383 e. The van der Waals surface area contributed by atoms with Crippen molar-refractivity contribution in [3.05, 3.63) is 71.2 Å². The standard InChI is InChI=1S/C22H20N6O2S/c23-9-12-2-1-3-15(8-12)28-22(30)27-14-6-4-13(5-7-14)17-11-31-19-16(21(25)29)10-26-20(24)18(17)19/h1-8,10-11H,9,23H2,(H2,24,26)(H2,25,29)(H2,27,28,30). The fraction of sp³-hybridized carbons (Fsp3) is 0.0455. The lowest BCUT2D eigenvalue weighted by Crippen LogP contribution is -2.19. The number of benzene rings is 2. The second-order valence-electron chi connectivity index (χ2n) is 6.84. The maximum absolute atomic E-state index is 12.3. The quantitative estimate of drug-likeness (QED) is 0.325. The number of hydrogen-bond donors (Lipinski definition) is 5. The van der Waals surface area contributed by atoms with E-state index in [-0.39, 0.29) is 6.03 Å². The Kier molecular flexibility index (Phi) is 5.52. The first-order chi connectivity index (χ1) is 15.0. The van der Waals surface area contributed by atoms with Crippen LogP contribution in [0.3, 0.4) is 0 Å². The highest BCUT2D eigenvalue weighted by molar-refractivity contribution is 7.18. The molecule has 0 saturated heterocycles. The zero-order valence-corrected chi connectivity index (χ0v) is 17.2. The molecule has 0 fully saturated rings. The van der Waals surface area contributed by atoms with Gasteiger partial charge in [0.25, 0.3) is 5.91 Å². The van der Waals surface area contributed by atoms with E-state index in [4.69, 9.17) is 17.2 Å². The monoisotopic (exact) mass is 432 g/mol. The number of fused-ring (bicyclic) bond motifs is 1. The zero-order chi connectivity index (χ0) is 22.0. The van der Waals surface area contributed by atoms with Crippen molar-refractivity contribution in [3.8, 4) is 11.1 Å². The Morgan fingerprint density at radius 2 is 1.77 bits per heavy atom. The minimum Gasteiger partial charge on any atom is -0.383 e. The Labute approximate surface area is 182 Å². The van der Waals surface area contributed by atoms with Gasteiger partial charge in [-0.3, -0.25) is 4.79 Å². The molecule has 0 radical (unpaired) electrons. The van der Waals surface area contributed by atoms with Crippen molar-refractivity contribution in [2.45, 2.75) is 6.54 Å². The van der Waals surface area contributed by atoms with E-state index in [1.54, 1.807) is 18.2 Å². The van der Waals surface area contributed by atoms with Gasteiger partial charge in [-0.25, -0.2) is 9.78 Å². The maximum Gasteiger partial charge on any atom is 0.323 e. The third-order valence-electron chi connectivity index (χ3n) is 4.76. The van der Waals surface area contributed by atoms with Gasteiger partial charge in [-0.1, -0.05) is 24.3 Å². The molecule has 156 valence electrons. The van der Waals surface area contributed by atoms with E-state index in [0.29, 0.717) is 39.4 Å². The van der Waals surface area contributed by atoms with Crippen molar-refractivity contribution in [2.24, 2.45) is 11.5 Å². The number of nitrogens with two attached hydrogens (primary N) is 3. The summed E-state index contributed by atoms with van der Waals surface area (Å²) in [5.74, 6) is -0.217. The molecule has 9 heteroatoms. The molecule has 8 N–H and O–H groups in total. The van der Waals surface area contributed by atoms with Gasteiger partial charge in [0.15, 0.2) is 0 Å². The fourth-order valence-electron chi connectivity index (χ4n) is 3.26. The molecule has 0 aliphatic carbocycles. The molecule has 0 atom stereocenters. The number of hydrogen-bond acceptors (Lipinski definition) is 6. The summed E-state index contributed by atoms with van der Waals surface area (Å²) < 4.78 is 0.705. The number of nitrogen functional groups attached to an aromatic ring is 1. The van der Waals surface area contributed by atoms with Crippen LogP contribution in [-0.2, 0) is 6.54 Å². The smallest absolute Gasteiger partial charge is 0.323 e. The van der Waals surface area contributed by atoms with Crippen LogP contribution in [0.5, 0.6) is 0 Å². The zero-order valence-electron chi connectivity index (χ0n) is 16.4. The number of rotatable bonds is 5. The molecular formula is C22H20N6O2S. The van der Waals surface area contributed by atoms with Crippen molar-refractivity contribution in [1.82, 2.24) is 4.98 Å². The molecule has 4 aromatic rings. The number of anilines is 3. The fourth-order valence-corrected chi connectivity index (χ4v) is 4.36. The molecular weight excluding hydrogens is 412 g/mol. The lowest BCUT2D eigenvalue weighted by molar-refractivity contribution is 0.100. The number of amides is 3. The van der Waals surface area contributed by atoms with Crippen molar-refractivity contribution in [3.63, 3.8) is 0 Å². The molecule has 4 rings (SSSR count). The predicted molar refractivity (Wildman–Crippen MR) is 125 cm³/mol. The highest BCUT2D eigenvalue weighted by Crippen LogP contribution is 2.38. The number of aromatic nitrogens is 1. The minimum absolute atomic E-state index is 0.331. The van der Waals surface area contributed by atoms with Crippen molar-refractivity contribution in [1.29, 1.82) is 0 Å². The third kappa shape index (κ3) is 4.18. The Hall–Kier alpha value is -3.95. The van der Waals surface area contributed by atoms with Gasteiger partial charge in [0.2, 0.25) is 0 Å². The predicted octanol–water partition coefficient (Wildman–Crippen LogP) is 3.75. The second kappa shape index (κ2) is 8.42. The summed E-state index contributed by atoms with van der Waals surface area (Å²) in [4.78, 5) is 28.1. The van der Waals surface area contributed by atoms with E-state index in [0.717, 1.165) is 16.7 Å². The number of nitrogens with zero attached hydrogens (tertiary/aromatic N) is 1. The van der Waals surface area contributed by atoms with Gasteiger partial charge >= 0.3 is 6.03 Å². The van der Waals surface area contributed by atoms with E-state index >= 15 is 0 Å². The van der Waals surface area contributed by atoms with Crippen LogP contribution in [0.1, 0.15) is 15.9 Å². The highest BCUT2D eigenvalue weighted by atomic mass is 32.1. The molecule has 2 aromatic heterocycles. The molecule has 8 nitrogen and oxygen atoms in total. The molecule has 2 heterocycles. The van der Waals surface area contributed by atoms with Crippen molar-refractivity contribution >= 4 is 50.6 Å². The van der Waals surface area contributed by atoms with Gasteiger partial charge in [0, 0.05) is 35.1 Å². The number of primary amides is 1. The molecule has 0 saturated carbocycles. The van der Waals surface area contributed by atoms with Gasteiger partial charge in [0.1, 0.15) is 5.82 Å². The first kappa shape index (κ1) is 20.3. The van der Waals surface area contributed by atoms with Gasteiger partial charge < -0.3 is 27.8 Å². The number of urea groups is 1. The molecule has 31 heavy (non-hydrogen) atoms. The molecule has 2 aromatic carbocycles. The number of nitrogens with one attached hydrogen (secondary N) is 2. The average Bonchev–Trinajstić information content (AvgIpc) is 3.20. The lowest BCUT2D eigenvalue weighted by Gasteiger charge is -2.09. The van der Waals surface area contributed by atoms with E-state index in [9.17, 15) is 9.59 Å². The number of pyridine rings is 1. The van der Waals surface area contributed by atoms with Gasteiger partial charge in [0.05, 0.1) is 10.3 Å². The van der Waals surface area contributed by atoms with Gasteiger partial charge in [-0.2, -0.15) is 0 Å². The maximum atomic E-state index is 12.3. The number of carbonyl (C=O) groups excluding carboxylic acids is 2. The van der Waals surface area contributed by atoms with Crippen LogP contribution in [-0.4, -0.2) is 16.9 Å². The molecule has 0 aliphatic heterocycles. The molecule has 0 spiro atoms. The van der Waals surface area contributed by atoms with E-state index in [1.165, 1.54) is 17.5 Å². The van der Waals surface area contributed by atoms with Gasteiger partial charge in [-0.05, 0) is 40.8 Å². The minimum atomic E-state index is -0.548. The highest BCUT2D eigenvalue weighted by Gasteiger charge is 2.16. The van der Waals surface area contributed by atoms with Crippen LogP contribution in [0.2, 0.25) is 0 Å². The van der Waals surface area contributed by atoms with Crippen LogP contribution in [0.15, 0.2) is 60.1 Å². The van der Waals surface area contributed by atoms with Crippen LogP contribution < -0.4 is 27.8 Å². The summed E-state index contributed by atoms with van der Waals surface area (Å²) in [7, 11) is 0. The molecule has 3 amide bonds. The SMILES string of the molecule is NCc1cccc(NC(=O)Nc2ccc(-c3csc4c(C(N)=O)cnc(N)c34)cc2)c1. The number of carbonyl (C=O) groups is 2. The van der Waals surface area contributed by atoms with Crippen LogP contribution in [0.25, 0.3) is 21.2 Å². The summed E-state index contributed by atoms with van der Waals surface area (Å²) >= 11 is 1.39. The van der Waals surface area contributed by atoms with Crippen molar-refractivity contribution in [2.75, 3.05) is 16.4 Å². The third-order valence-corrected chi connectivity index (χ3v) is 5.78. The topological polar surface area (TPSA) is 149 Å². The summed E-state index contributed by atoms with van der Waals surface area (Å²) in [6, 6.07) is 14.3. The molecule has 0 bridgehead atoms. The van der Waals surface area contributed by atoms with E-state index in [2.05, 4.69) is 15.6 Å². The Morgan fingerprint density at radius 1 is 1.03 bits per heavy atom. The molecule has 0 unspecified atom stereocenters. The number of thiophene rings is 1. The normalized spacial score (nSPS) is 10.7. The van der Waals surface area contributed by atoms with Gasteiger partial charge in [-0.15, -0.1) is 11.3 Å². The lowest BCUT2D eigenvalue weighted by atomic mass is 10.0. The van der Waals surface area contributed by atoms with Crippen LogP contribution in [0, 0.1) is 0 Å². The Morgan fingerprint density at radius 3 is 2.48 bits per heavy atom. The first-order valence-corrected chi connectivity index (χ1v) is 10.3. The first-order valence-electron chi connectivity index (χ1n) is 9.39. The van der Waals surface area contributed by atoms with Crippen molar-refractivity contribution < 1.29 is 9.59 Å². The summed E-state index contributed by atoms with van der Waals surface area (Å²) in [5.41, 5.74) is 21.4. The van der Waals surface area contributed by atoms with E-state index in [1.807, 2.05) is 35.7 Å². The van der Waals surface area contributed by atoms with E-state index < -0.39 is 5.91 Å². The van der Waals surface area contributed by atoms with Crippen LogP contribution in [0.4, 0.5) is 22.0 Å². The summed E-state index contributed by atoms with van der Waals surface area (Å²) in [6.07, 6.45) is 1.40. The summed E-state index contributed by atoms with van der Waals surface area (Å²) in [5, 5.41) is 8.18. The van der Waals surface area contributed by atoms with Crippen LogP contribution >= 0.6 is 11.3 Å². The second-order valence-corrected chi connectivity index (χ2v) is 7.72.